The molecule has 0 radical (unpaired) electrons. The Morgan fingerprint density at radius 2 is 1.72 bits per heavy atom. The molecule has 130 valence electrons. The van der Waals surface area contributed by atoms with E-state index in [1.54, 1.807) is 12.1 Å². The van der Waals surface area contributed by atoms with Gasteiger partial charge in [-0.2, -0.15) is 0 Å². The van der Waals surface area contributed by atoms with E-state index in [4.69, 9.17) is 9.47 Å². The molecule has 1 amide bonds. The quantitative estimate of drug-likeness (QED) is 0.572. The largest absolute Gasteiger partial charge is 0.490 e. The maximum Gasteiger partial charge on any atom is 0.273 e. The summed E-state index contributed by atoms with van der Waals surface area (Å²) in [5, 5.41) is 0. The van der Waals surface area contributed by atoms with Crippen molar-refractivity contribution >= 4 is 5.91 Å². The third kappa shape index (κ3) is 5.01. The highest BCUT2D eigenvalue weighted by molar-refractivity contribution is 5.96. The van der Waals surface area contributed by atoms with Gasteiger partial charge in [0.05, 0.1) is 5.56 Å². The first-order valence-corrected chi connectivity index (χ1v) is 8.48. The second-order valence-electron chi connectivity index (χ2n) is 5.71. The number of carbonyl (C=O) groups is 1. The predicted molar refractivity (Wildman–Crippen MR) is 96.4 cm³/mol. The van der Waals surface area contributed by atoms with E-state index in [-0.39, 0.29) is 5.91 Å². The smallest absolute Gasteiger partial charge is 0.273 e. The van der Waals surface area contributed by atoms with Gasteiger partial charge in [-0.05, 0) is 43.5 Å². The number of hydrogen-bond donors (Lipinski definition) is 2. The van der Waals surface area contributed by atoms with Crippen LogP contribution in [0.3, 0.4) is 0 Å². The average molecular weight is 338 g/mol. The molecule has 0 fully saturated rings. The molecule has 0 heterocycles. The molecule has 2 aromatic rings. The molecule has 1 aliphatic rings. The van der Waals surface area contributed by atoms with Gasteiger partial charge in [-0.15, -0.1) is 0 Å². The van der Waals surface area contributed by atoms with E-state index in [0.29, 0.717) is 24.5 Å². The lowest BCUT2D eigenvalue weighted by atomic mass is 10.2. The van der Waals surface area contributed by atoms with Crippen LogP contribution in [0, 0.1) is 0 Å². The molecule has 0 atom stereocenters. The topological polar surface area (TPSA) is 59.6 Å². The van der Waals surface area contributed by atoms with Gasteiger partial charge < -0.3 is 14.9 Å². The van der Waals surface area contributed by atoms with Gasteiger partial charge in [0.2, 0.25) is 0 Å². The van der Waals surface area contributed by atoms with E-state index in [0.717, 1.165) is 30.7 Å². The number of para-hydroxylation sites is 2. The second-order valence-corrected chi connectivity index (χ2v) is 5.71. The van der Waals surface area contributed by atoms with Gasteiger partial charge in [0.15, 0.2) is 0 Å². The van der Waals surface area contributed by atoms with Crippen molar-refractivity contribution in [2.75, 3.05) is 13.2 Å². The monoisotopic (exact) mass is 338 g/mol. The SMILES string of the molecule is O=C(NNC1=CCCC1)c1ccccc1OCCOc1ccccc1. The number of hydrazine groups is 1. The number of ether oxygens (including phenoxy) is 2. The second kappa shape index (κ2) is 8.78. The Hall–Kier alpha value is -2.95. The van der Waals surface area contributed by atoms with E-state index in [2.05, 4.69) is 16.9 Å². The summed E-state index contributed by atoms with van der Waals surface area (Å²) < 4.78 is 11.3. The molecule has 0 aliphatic heterocycles. The fraction of sp³-hybridized carbons (Fsp3) is 0.250. The minimum absolute atomic E-state index is 0.215. The number of carbonyl (C=O) groups excluding carboxylic acids is 1. The molecule has 3 rings (SSSR count). The Labute approximate surface area is 147 Å². The number of nitrogens with one attached hydrogen (secondary N) is 2. The summed E-state index contributed by atoms with van der Waals surface area (Å²) in [6.07, 6.45) is 5.25. The Bertz CT molecular complexity index is 729. The van der Waals surface area contributed by atoms with Crippen molar-refractivity contribution in [2.24, 2.45) is 0 Å². The molecule has 0 unspecified atom stereocenters. The van der Waals surface area contributed by atoms with E-state index in [9.17, 15) is 4.79 Å². The predicted octanol–water partition coefficient (Wildman–Crippen LogP) is 3.45. The lowest BCUT2D eigenvalue weighted by molar-refractivity contribution is 0.0933. The number of hydrogen-bond acceptors (Lipinski definition) is 4. The highest BCUT2D eigenvalue weighted by Crippen LogP contribution is 2.18. The zero-order chi connectivity index (χ0) is 17.3. The van der Waals surface area contributed by atoms with Crippen LogP contribution in [0.15, 0.2) is 66.4 Å². The lowest BCUT2D eigenvalue weighted by Gasteiger charge is -2.13. The molecule has 25 heavy (non-hydrogen) atoms. The van der Waals surface area contributed by atoms with Crippen molar-refractivity contribution in [1.29, 1.82) is 0 Å². The number of rotatable bonds is 8. The van der Waals surface area contributed by atoms with Gasteiger partial charge >= 0.3 is 0 Å². The van der Waals surface area contributed by atoms with Crippen LogP contribution in [-0.2, 0) is 0 Å². The van der Waals surface area contributed by atoms with Crippen LogP contribution < -0.4 is 20.3 Å². The number of allylic oxidation sites excluding steroid dienone is 2. The van der Waals surface area contributed by atoms with Crippen LogP contribution in [0.4, 0.5) is 0 Å². The zero-order valence-electron chi connectivity index (χ0n) is 14.0. The van der Waals surface area contributed by atoms with E-state index < -0.39 is 0 Å². The molecular weight excluding hydrogens is 316 g/mol. The highest BCUT2D eigenvalue weighted by atomic mass is 16.5. The first-order chi connectivity index (χ1) is 12.3. The Morgan fingerprint density at radius 3 is 2.52 bits per heavy atom. The van der Waals surface area contributed by atoms with Crippen LogP contribution in [-0.4, -0.2) is 19.1 Å². The van der Waals surface area contributed by atoms with E-state index in [1.807, 2.05) is 42.5 Å². The summed E-state index contributed by atoms with van der Waals surface area (Å²) in [5.74, 6) is 1.12. The summed E-state index contributed by atoms with van der Waals surface area (Å²) >= 11 is 0. The molecular formula is C20H22N2O3. The molecule has 5 nitrogen and oxygen atoms in total. The van der Waals surface area contributed by atoms with Crippen molar-refractivity contribution in [2.45, 2.75) is 19.3 Å². The standard InChI is InChI=1S/C20H22N2O3/c23-20(22-21-16-8-4-5-9-16)18-12-6-7-13-19(18)25-15-14-24-17-10-2-1-3-11-17/h1-3,6-8,10-13,21H,4-5,9,14-15H2,(H,22,23). The molecule has 5 heteroatoms. The molecule has 2 N–H and O–H groups in total. The maximum absolute atomic E-state index is 12.4. The van der Waals surface area contributed by atoms with Gasteiger partial charge in [-0.3, -0.25) is 10.2 Å². The third-order valence-corrected chi connectivity index (χ3v) is 3.86. The first-order valence-electron chi connectivity index (χ1n) is 8.48. The van der Waals surface area contributed by atoms with Gasteiger partial charge in [-0.1, -0.05) is 36.4 Å². The van der Waals surface area contributed by atoms with Crippen molar-refractivity contribution in [3.63, 3.8) is 0 Å². The molecule has 0 saturated carbocycles. The fourth-order valence-electron chi connectivity index (χ4n) is 2.60. The van der Waals surface area contributed by atoms with Crippen LogP contribution in [0.25, 0.3) is 0 Å². The molecule has 2 aromatic carbocycles. The molecule has 0 aromatic heterocycles. The first kappa shape index (κ1) is 16.9. The summed E-state index contributed by atoms with van der Waals surface area (Å²) in [6, 6.07) is 16.8. The molecule has 0 saturated heterocycles. The maximum atomic E-state index is 12.4. The Kier molecular flexibility index (Phi) is 5.93. The van der Waals surface area contributed by atoms with Crippen LogP contribution >= 0.6 is 0 Å². The summed E-state index contributed by atoms with van der Waals surface area (Å²) in [4.78, 5) is 12.4. The average Bonchev–Trinajstić information content (AvgIpc) is 3.18. The summed E-state index contributed by atoms with van der Waals surface area (Å²) in [7, 11) is 0. The van der Waals surface area contributed by atoms with Crippen molar-refractivity contribution in [3.05, 3.63) is 71.9 Å². The summed E-state index contributed by atoms with van der Waals surface area (Å²) in [5.41, 5.74) is 7.26. The Morgan fingerprint density at radius 1 is 0.960 bits per heavy atom. The van der Waals surface area contributed by atoms with Gasteiger partial charge in [-0.25, -0.2) is 0 Å². The number of benzene rings is 2. The van der Waals surface area contributed by atoms with Crippen LogP contribution in [0.5, 0.6) is 11.5 Å². The minimum atomic E-state index is -0.215. The normalized spacial score (nSPS) is 13.0. The van der Waals surface area contributed by atoms with Crippen molar-refractivity contribution in [1.82, 2.24) is 10.9 Å². The molecule has 1 aliphatic carbocycles. The minimum Gasteiger partial charge on any atom is -0.490 e. The molecule has 0 spiro atoms. The van der Waals surface area contributed by atoms with Crippen LogP contribution in [0.1, 0.15) is 29.6 Å². The van der Waals surface area contributed by atoms with Crippen molar-refractivity contribution in [3.8, 4) is 11.5 Å². The molecule has 0 bridgehead atoms. The highest BCUT2D eigenvalue weighted by Gasteiger charge is 2.13. The van der Waals surface area contributed by atoms with E-state index >= 15 is 0 Å². The fourth-order valence-corrected chi connectivity index (χ4v) is 2.60. The third-order valence-electron chi connectivity index (χ3n) is 3.86. The van der Waals surface area contributed by atoms with Gasteiger partial charge in [0.25, 0.3) is 5.91 Å². The zero-order valence-corrected chi connectivity index (χ0v) is 14.0. The van der Waals surface area contributed by atoms with Crippen molar-refractivity contribution < 1.29 is 14.3 Å². The Balaban J connectivity index is 1.50. The van der Waals surface area contributed by atoms with Gasteiger partial charge in [0.1, 0.15) is 24.7 Å². The van der Waals surface area contributed by atoms with Crippen LogP contribution in [0.2, 0.25) is 0 Å². The lowest BCUT2D eigenvalue weighted by Crippen LogP contribution is -2.36. The summed E-state index contributed by atoms with van der Waals surface area (Å²) in [6.45, 7) is 0.767. The van der Waals surface area contributed by atoms with E-state index in [1.165, 1.54) is 0 Å². The number of amides is 1. The van der Waals surface area contributed by atoms with Gasteiger partial charge in [0, 0.05) is 5.70 Å².